The van der Waals surface area contributed by atoms with Crippen molar-refractivity contribution < 1.29 is 9.59 Å². The van der Waals surface area contributed by atoms with E-state index in [4.69, 9.17) is 0 Å². The van der Waals surface area contributed by atoms with Crippen molar-refractivity contribution in [2.45, 2.75) is 39.0 Å². The average molecular weight is 343 g/mol. The number of allylic oxidation sites excluding steroid dienone is 1. The van der Waals surface area contributed by atoms with Crippen LogP contribution in [0.4, 0.5) is 11.4 Å². The van der Waals surface area contributed by atoms with E-state index in [1.807, 2.05) is 43.3 Å². The first kappa shape index (κ1) is 19.0. The van der Waals surface area contributed by atoms with E-state index in [1.54, 1.807) is 4.90 Å². The molecule has 2 rings (SSSR count). The zero-order valence-electron chi connectivity index (χ0n) is 15.5. The maximum absolute atomic E-state index is 12.3. The third kappa shape index (κ3) is 6.25. The van der Waals surface area contributed by atoms with Gasteiger partial charge in [0.15, 0.2) is 0 Å². The number of amides is 2. The summed E-state index contributed by atoms with van der Waals surface area (Å²) in [6.07, 6.45) is 7.90. The molecular weight excluding hydrogens is 314 g/mol. The van der Waals surface area contributed by atoms with Crippen molar-refractivity contribution in [1.29, 1.82) is 0 Å². The second-order valence-corrected chi connectivity index (χ2v) is 6.79. The molecule has 5 heteroatoms. The highest BCUT2D eigenvalue weighted by Gasteiger charge is 2.15. The summed E-state index contributed by atoms with van der Waals surface area (Å²) in [5.41, 5.74) is 3.23. The molecule has 0 spiro atoms. The molecule has 0 heterocycles. The molecule has 0 saturated carbocycles. The Morgan fingerprint density at radius 2 is 1.84 bits per heavy atom. The molecule has 0 aromatic heterocycles. The Morgan fingerprint density at radius 1 is 1.12 bits per heavy atom. The van der Waals surface area contributed by atoms with Crippen molar-refractivity contribution in [3.05, 3.63) is 35.9 Å². The lowest BCUT2D eigenvalue weighted by molar-refractivity contribution is -0.132. The summed E-state index contributed by atoms with van der Waals surface area (Å²) in [4.78, 5) is 27.7. The number of benzene rings is 1. The minimum atomic E-state index is -0.162. The highest BCUT2D eigenvalue weighted by molar-refractivity contribution is 5.94. The fraction of sp³-hybridized carbons (Fsp3) is 0.500. The van der Waals surface area contributed by atoms with Crippen LogP contribution < -0.4 is 10.2 Å². The molecular formula is C20H29N3O2. The van der Waals surface area contributed by atoms with E-state index in [2.05, 4.69) is 11.4 Å². The molecule has 0 fully saturated rings. The van der Waals surface area contributed by atoms with Gasteiger partial charge in [-0.3, -0.25) is 9.59 Å². The Kier molecular flexibility index (Phi) is 7.04. The SMILES string of the molecule is CC(=O)N(CCC1=CCCCC1)CC(=O)Nc1ccc(N(C)C)cc1. The third-order valence-electron chi connectivity index (χ3n) is 4.54. The normalized spacial score (nSPS) is 13.8. The van der Waals surface area contributed by atoms with Crippen molar-refractivity contribution in [3.63, 3.8) is 0 Å². The van der Waals surface area contributed by atoms with Crippen LogP contribution in [0.1, 0.15) is 39.0 Å². The van der Waals surface area contributed by atoms with E-state index in [0.717, 1.165) is 30.6 Å². The standard InChI is InChI=1S/C20H29N3O2/c1-16(24)23(14-13-17-7-5-4-6-8-17)15-20(25)21-18-9-11-19(12-10-18)22(2)3/h7,9-12H,4-6,8,13-15H2,1-3H3,(H,21,25). The maximum Gasteiger partial charge on any atom is 0.243 e. The van der Waals surface area contributed by atoms with Crippen LogP contribution in [0.5, 0.6) is 0 Å². The van der Waals surface area contributed by atoms with E-state index in [9.17, 15) is 9.59 Å². The highest BCUT2D eigenvalue weighted by atomic mass is 16.2. The summed E-state index contributed by atoms with van der Waals surface area (Å²) >= 11 is 0. The van der Waals surface area contributed by atoms with Crippen molar-refractivity contribution in [1.82, 2.24) is 4.90 Å². The first-order valence-electron chi connectivity index (χ1n) is 8.96. The Morgan fingerprint density at radius 3 is 2.40 bits per heavy atom. The lowest BCUT2D eigenvalue weighted by Crippen LogP contribution is -2.37. The van der Waals surface area contributed by atoms with Gasteiger partial charge in [-0.2, -0.15) is 0 Å². The van der Waals surface area contributed by atoms with Crippen molar-refractivity contribution in [3.8, 4) is 0 Å². The van der Waals surface area contributed by atoms with Crippen LogP contribution in [0.3, 0.4) is 0 Å². The molecule has 25 heavy (non-hydrogen) atoms. The molecule has 1 aromatic carbocycles. The van der Waals surface area contributed by atoms with Crippen molar-refractivity contribution in [2.24, 2.45) is 0 Å². The van der Waals surface area contributed by atoms with Crippen LogP contribution in [-0.4, -0.2) is 43.9 Å². The average Bonchev–Trinajstić information content (AvgIpc) is 2.59. The molecule has 2 amide bonds. The van der Waals surface area contributed by atoms with Gasteiger partial charge in [-0.25, -0.2) is 0 Å². The van der Waals surface area contributed by atoms with E-state index < -0.39 is 0 Å². The molecule has 136 valence electrons. The molecule has 0 atom stereocenters. The first-order valence-corrected chi connectivity index (χ1v) is 8.96. The van der Waals surface area contributed by atoms with Gasteiger partial charge in [-0.1, -0.05) is 11.6 Å². The molecule has 1 aliphatic rings. The maximum atomic E-state index is 12.3. The second-order valence-electron chi connectivity index (χ2n) is 6.79. The number of carbonyl (C=O) groups is 2. The number of anilines is 2. The number of hydrogen-bond acceptors (Lipinski definition) is 3. The zero-order chi connectivity index (χ0) is 18.2. The molecule has 0 aliphatic heterocycles. The topological polar surface area (TPSA) is 52.7 Å². The number of nitrogens with one attached hydrogen (secondary N) is 1. The van der Waals surface area contributed by atoms with Crippen LogP contribution >= 0.6 is 0 Å². The monoisotopic (exact) mass is 343 g/mol. The number of hydrogen-bond donors (Lipinski definition) is 1. The lowest BCUT2D eigenvalue weighted by Gasteiger charge is -2.22. The van der Waals surface area contributed by atoms with Crippen LogP contribution in [0.25, 0.3) is 0 Å². The van der Waals surface area contributed by atoms with Gasteiger partial charge < -0.3 is 15.1 Å². The second kappa shape index (κ2) is 9.25. The number of rotatable bonds is 7. The van der Waals surface area contributed by atoms with Crippen molar-refractivity contribution in [2.75, 3.05) is 37.4 Å². The van der Waals surface area contributed by atoms with Gasteiger partial charge in [0, 0.05) is 38.9 Å². The quantitative estimate of drug-likeness (QED) is 0.772. The highest BCUT2D eigenvalue weighted by Crippen LogP contribution is 2.20. The molecule has 0 unspecified atom stereocenters. The molecule has 5 nitrogen and oxygen atoms in total. The Labute approximate surface area is 150 Å². The Hall–Kier alpha value is -2.30. The van der Waals surface area contributed by atoms with Crippen LogP contribution in [-0.2, 0) is 9.59 Å². The minimum absolute atomic E-state index is 0.0606. The van der Waals surface area contributed by atoms with Gasteiger partial charge in [0.1, 0.15) is 0 Å². The van der Waals surface area contributed by atoms with Gasteiger partial charge in [0.05, 0.1) is 6.54 Å². The van der Waals surface area contributed by atoms with E-state index in [-0.39, 0.29) is 18.4 Å². The van der Waals surface area contributed by atoms with Crippen LogP contribution in [0.2, 0.25) is 0 Å². The molecule has 1 N–H and O–H groups in total. The van der Waals surface area contributed by atoms with E-state index in [0.29, 0.717) is 6.54 Å². The van der Waals surface area contributed by atoms with Crippen molar-refractivity contribution >= 4 is 23.2 Å². The number of nitrogens with zero attached hydrogens (tertiary/aromatic N) is 2. The fourth-order valence-electron chi connectivity index (χ4n) is 2.97. The van der Waals surface area contributed by atoms with Crippen LogP contribution in [0, 0.1) is 0 Å². The molecule has 0 radical (unpaired) electrons. The predicted molar refractivity (Wildman–Crippen MR) is 103 cm³/mol. The summed E-state index contributed by atoms with van der Waals surface area (Å²) in [5.74, 6) is -0.222. The largest absolute Gasteiger partial charge is 0.378 e. The van der Waals surface area contributed by atoms with Gasteiger partial charge in [0.2, 0.25) is 11.8 Å². The zero-order valence-corrected chi connectivity index (χ0v) is 15.5. The summed E-state index contributed by atoms with van der Waals surface area (Å²) in [6.45, 7) is 2.22. The fourth-order valence-corrected chi connectivity index (χ4v) is 2.97. The summed E-state index contributed by atoms with van der Waals surface area (Å²) < 4.78 is 0. The lowest BCUT2D eigenvalue weighted by atomic mass is 9.97. The summed E-state index contributed by atoms with van der Waals surface area (Å²) in [6, 6.07) is 7.65. The summed E-state index contributed by atoms with van der Waals surface area (Å²) in [7, 11) is 3.94. The summed E-state index contributed by atoms with van der Waals surface area (Å²) in [5, 5.41) is 2.87. The Balaban J connectivity index is 1.86. The van der Waals surface area contributed by atoms with Gasteiger partial charge in [-0.15, -0.1) is 0 Å². The third-order valence-corrected chi connectivity index (χ3v) is 4.54. The molecule has 0 bridgehead atoms. The minimum Gasteiger partial charge on any atom is -0.378 e. The van der Waals surface area contributed by atoms with Gasteiger partial charge >= 0.3 is 0 Å². The Bertz CT molecular complexity index is 620. The van der Waals surface area contributed by atoms with E-state index >= 15 is 0 Å². The first-order chi connectivity index (χ1) is 12.0. The van der Waals surface area contributed by atoms with Gasteiger partial charge in [-0.05, 0) is 56.4 Å². The van der Waals surface area contributed by atoms with E-state index in [1.165, 1.54) is 25.3 Å². The molecule has 1 aliphatic carbocycles. The number of carbonyl (C=O) groups excluding carboxylic acids is 2. The van der Waals surface area contributed by atoms with Crippen LogP contribution in [0.15, 0.2) is 35.9 Å². The van der Waals surface area contributed by atoms with Gasteiger partial charge in [0.25, 0.3) is 0 Å². The predicted octanol–water partition coefficient (Wildman–Crippen LogP) is 3.43. The molecule has 0 saturated heterocycles. The smallest absolute Gasteiger partial charge is 0.243 e. The molecule has 1 aromatic rings.